The maximum Gasteiger partial charge on any atom is 0.343 e. The Bertz CT molecular complexity index is 487. The Labute approximate surface area is 133 Å². The van der Waals surface area contributed by atoms with Crippen LogP contribution < -0.4 is 4.74 Å². The van der Waals surface area contributed by atoms with E-state index in [-0.39, 0.29) is 11.7 Å². The Morgan fingerprint density at radius 2 is 1.86 bits per heavy atom. The highest BCUT2D eigenvalue weighted by atomic mass is 32.2. The number of carbonyl (C=O) groups excluding carboxylic acids is 2. The SMILES string of the molecule is COC(=O)COc1ccc(C(O)C(O)CCSC(C)=O)cc1. The van der Waals surface area contributed by atoms with E-state index in [1.54, 1.807) is 24.3 Å². The number of aliphatic hydroxyl groups is 2. The Hall–Kier alpha value is -1.57. The van der Waals surface area contributed by atoms with E-state index < -0.39 is 18.2 Å². The lowest BCUT2D eigenvalue weighted by molar-refractivity contribution is -0.142. The first kappa shape index (κ1) is 18.5. The van der Waals surface area contributed by atoms with Crippen LogP contribution in [0.1, 0.15) is 25.0 Å². The Morgan fingerprint density at radius 1 is 1.23 bits per heavy atom. The number of aliphatic hydroxyl groups excluding tert-OH is 2. The lowest BCUT2D eigenvalue weighted by Gasteiger charge is -2.18. The number of hydrogen-bond donors (Lipinski definition) is 2. The molecule has 2 N–H and O–H groups in total. The quantitative estimate of drug-likeness (QED) is 0.695. The zero-order chi connectivity index (χ0) is 16.5. The fourth-order valence-corrected chi connectivity index (χ4v) is 2.31. The molecule has 0 saturated heterocycles. The van der Waals surface area contributed by atoms with E-state index in [2.05, 4.69) is 4.74 Å². The van der Waals surface area contributed by atoms with Gasteiger partial charge in [-0.1, -0.05) is 23.9 Å². The summed E-state index contributed by atoms with van der Waals surface area (Å²) in [5, 5.41) is 19.9. The fraction of sp³-hybridized carbons (Fsp3) is 0.467. The molecule has 0 spiro atoms. The zero-order valence-electron chi connectivity index (χ0n) is 12.5. The van der Waals surface area contributed by atoms with Crippen LogP contribution in [-0.2, 0) is 14.3 Å². The fourth-order valence-electron chi connectivity index (χ4n) is 1.67. The van der Waals surface area contributed by atoms with Crippen LogP contribution >= 0.6 is 11.8 Å². The molecule has 0 aliphatic carbocycles. The van der Waals surface area contributed by atoms with Gasteiger partial charge in [0.25, 0.3) is 0 Å². The van der Waals surface area contributed by atoms with Crippen molar-refractivity contribution < 1.29 is 29.3 Å². The van der Waals surface area contributed by atoms with Gasteiger partial charge in [0.1, 0.15) is 11.9 Å². The van der Waals surface area contributed by atoms with Crippen molar-refractivity contribution in [2.24, 2.45) is 0 Å². The summed E-state index contributed by atoms with van der Waals surface area (Å²) in [7, 11) is 1.27. The zero-order valence-corrected chi connectivity index (χ0v) is 13.3. The number of ether oxygens (including phenoxy) is 2. The van der Waals surface area contributed by atoms with Crippen molar-refractivity contribution in [1.82, 2.24) is 0 Å². The van der Waals surface area contributed by atoms with Crippen LogP contribution in [0.5, 0.6) is 5.75 Å². The molecule has 1 aromatic carbocycles. The molecule has 1 rings (SSSR count). The second-order valence-electron chi connectivity index (χ2n) is 4.57. The number of carbonyl (C=O) groups is 2. The third kappa shape index (κ3) is 6.46. The summed E-state index contributed by atoms with van der Waals surface area (Å²) in [5.74, 6) is 0.430. The topological polar surface area (TPSA) is 93.1 Å². The standard InChI is InChI=1S/C15H20O6S/c1-10(16)22-8-7-13(17)15(19)11-3-5-12(6-4-11)21-9-14(18)20-2/h3-6,13,15,17,19H,7-9H2,1-2H3. The number of hydrogen-bond acceptors (Lipinski definition) is 7. The van der Waals surface area contributed by atoms with Gasteiger partial charge < -0.3 is 19.7 Å². The molecule has 0 bridgehead atoms. The predicted molar refractivity (Wildman–Crippen MR) is 82.7 cm³/mol. The maximum absolute atomic E-state index is 11.0. The van der Waals surface area contributed by atoms with Crippen molar-refractivity contribution in [3.8, 4) is 5.75 Å². The predicted octanol–water partition coefficient (Wildman–Crippen LogP) is 1.30. The monoisotopic (exact) mass is 328 g/mol. The number of thioether (sulfide) groups is 1. The van der Waals surface area contributed by atoms with Crippen LogP contribution in [0.3, 0.4) is 0 Å². The van der Waals surface area contributed by atoms with Gasteiger partial charge in [0.15, 0.2) is 11.7 Å². The molecule has 1 aromatic rings. The van der Waals surface area contributed by atoms with Gasteiger partial charge in [0.05, 0.1) is 13.2 Å². The minimum Gasteiger partial charge on any atom is -0.482 e. The Balaban J connectivity index is 2.50. The summed E-state index contributed by atoms with van der Waals surface area (Å²) in [4.78, 5) is 21.8. The van der Waals surface area contributed by atoms with Gasteiger partial charge in [0, 0.05) is 12.7 Å². The minimum absolute atomic E-state index is 0.0196. The average molecular weight is 328 g/mol. The molecule has 0 aromatic heterocycles. The second kappa shape index (κ2) is 9.45. The molecule has 0 radical (unpaired) electrons. The normalized spacial score (nSPS) is 13.3. The number of benzene rings is 1. The van der Waals surface area contributed by atoms with E-state index in [1.165, 1.54) is 14.0 Å². The van der Waals surface area contributed by atoms with E-state index in [4.69, 9.17) is 4.74 Å². The van der Waals surface area contributed by atoms with E-state index in [0.29, 0.717) is 23.5 Å². The van der Waals surface area contributed by atoms with Gasteiger partial charge in [-0.3, -0.25) is 4.79 Å². The smallest absolute Gasteiger partial charge is 0.343 e. The number of esters is 1. The lowest BCUT2D eigenvalue weighted by atomic mass is 10.0. The highest BCUT2D eigenvalue weighted by Crippen LogP contribution is 2.23. The number of rotatable bonds is 8. The Kier molecular flexibility index (Phi) is 7.94. The molecule has 0 amide bonds. The van der Waals surface area contributed by atoms with Gasteiger partial charge in [-0.05, 0) is 24.1 Å². The Morgan fingerprint density at radius 3 is 2.41 bits per heavy atom. The van der Waals surface area contributed by atoms with Crippen molar-refractivity contribution in [3.63, 3.8) is 0 Å². The van der Waals surface area contributed by atoms with Crippen molar-refractivity contribution in [1.29, 1.82) is 0 Å². The van der Waals surface area contributed by atoms with Gasteiger partial charge in [0.2, 0.25) is 0 Å². The molecule has 2 atom stereocenters. The summed E-state index contributed by atoms with van der Waals surface area (Å²) in [6.07, 6.45) is -1.68. The van der Waals surface area contributed by atoms with E-state index in [1.807, 2.05) is 0 Å². The third-order valence-electron chi connectivity index (χ3n) is 2.89. The molecule has 122 valence electrons. The molecule has 2 unspecified atom stereocenters. The second-order valence-corrected chi connectivity index (χ2v) is 5.85. The first-order valence-electron chi connectivity index (χ1n) is 6.73. The minimum atomic E-state index is -1.04. The van der Waals surface area contributed by atoms with Crippen molar-refractivity contribution in [2.45, 2.75) is 25.6 Å². The van der Waals surface area contributed by atoms with E-state index in [9.17, 15) is 19.8 Å². The molecule has 0 fully saturated rings. The molecule has 0 saturated carbocycles. The van der Waals surface area contributed by atoms with E-state index in [0.717, 1.165) is 11.8 Å². The average Bonchev–Trinajstić information content (AvgIpc) is 2.51. The first-order valence-corrected chi connectivity index (χ1v) is 7.71. The van der Waals surface area contributed by atoms with Crippen LogP contribution in [0.2, 0.25) is 0 Å². The van der Waals surface area contributed by atoms with Crippen molar-refractivity contribution >= 4 is 22.8 Å². The van der Waals surface area contributed by atoms with Crippen LogP contribution in [0, 0.1) is 0 Å². The summed E-state index contributed by atoms with van der Waals surface area (Å²) in [6.45, 7) is 1.27. The van der Waals surface area contributed by atoms with Crippen LogP contribution in [-0.4, -0.2) is 46.9 Å². The third-order valence-corrected chi connectivity index (χ3v) is 3.74. The molecular weight excluding hydrogens is 308 g/mol. The van der Waals surface area contributed by atoms with E-state index >= 15 is 0 Å². The van der Waals surface area contributed by atoms with Crippen molar-refractivity contribution in [2.75, 3.05) is 19.5 Å². The summed E-state index contributed by atoms with van der Waals surface area (Å²) in [6, 6.07) is 6.41. The van der Waals surface area contributed by atoms with Crippen LogP contribution in [0.4, 0.5) is 0 Å². The first-order chi connectivity index (χ1) is 10.4. The molecule has 0 aliphatic heterocycles. The highest BCUT2D eigenvalue weighted by Gasteiger charge is 2.18. The molecular formula is C15H20O6S. The lowest BCUT2D eigenvalue weighted by Crippen LogP contribution is -2.19. The molecule has 22 heavy (non-hydrogen) atoms. The largest absolute Gasteiger partial charge is 0.482 e. The van der Waals surface area contributed by atoms with Gasteiger partial charge in [-0.15, -0.1) is 0 Å². The van der Waals surface area contributed by atoms with Crippen LogP contribution in [0.15, 0.2) is 24.3 Å². The summed E-state index contributed by atoms with van der Waals surface area (Å²) in [5.41, 5.74) is 0.533. The maximum atomic E-state index is 11.0. The van der Waals surface area contributed by atoms with Crippen LogP contribution in [0.25, 0.3) is 0 Å². The van der Waals surface area contributed by atoms with Gasteiger partial charge in [-0.2, -0.15) is 0 Å². The van der Waals surface area contributed by atoms with Crippen molar-refractivity contribution in [3.05, 3.63) is 29.8 Å². The molecule has 0 aliphatic rings. The summed E-state index contributed by atoms with van der Waals surface area (Å²) >= 11 is 1.11. The summed E-state index contributed by atoms with van der Waals surface area (Å²) < 4.78 is 9.64. The highest BCUT2D eigenvalue weighted by molar-refractivity contribution is 8.13. The molecule has 7 heteroatoms. The van der Waals surface area contributed by atoms with Gasteiger partial charge in [-0.25, -0.2) is 4.79 Å². The molecule has 6 nitrogen and oxygen atoms in total. The molecule has 0 heterocycles. The number of methoxy groups -OCH3 is 1. The van der Waals surface area contributed by atoms with Gasteiger partial charge >= 0.3 is 5.97 Å².